The summed E-state index contributed by atoms with van der Waals surface area (Å²) in [4.78, 5) is 26.5. The lowest BCUT2D eigenvalue weighted by Crippen LogP contribution is -2.31. The first kappa shape index (κ1) is 21.4. The number of halogens is 3. The van der Waals surface area contributed by atoms with Crippen molar-refractivity contribution in [2.45, 2.75) is 0 Å². The molecule has 9 heteroatoms. The second-order valence-electron chi connectivity index (χ2n) is 6.50. The molecule has 0 fully saturated rings. The van der Waals surface area contributed by atoms with Crippen molar-refractivity contribution < 1.29 is 9.63 Å². The van der Waals surface area contributed by atoms with Gasteiger partial charge >= 0.3 is 6.09 Å². The van der Waals surface area contributed by atoms with Crippen LogP contribution in [-0.4, -0.2) is 24.2 Å². The largest absolute Gasteiger partial charge is 0.435 e. The number of hydrogen-bond acceptors (Lipinski definition) is 5. The molecule has 4 rings (SSSR count). The van der Waals surface area contributed by atoms with Gasteiger partial charge in [0.15, 0.2) is 5.84 Å². The topological polar surface area (TPSA) is 75.1 Å². The molecule has 0 unspecified atom stereocenters. The van der Waals surface area contributed by atoms with Gasteiger partial charge in [-0.1, -0.05) is 69.5 Å². The fourth-order valence-electron chi connectivity index (χ4n) is 2.94. The fraction of sp³-hybridized carbons (Fsp3) is 0.0455. The van der Waals surface area contributed by atoms with Crippen LogP contribution < -0.4 is 10.8 Å². The van der Waals surface area contributed by atoms with Crippen LogP contribution >= 0.6 is 39.1 Å². The first-order valence-electron chi connectivity index (χ1n) is 9.16. The lowest BCUT2D eigenvalue weighted by Gasteiger charge is -2.09. The standard InChI is InChI=1S/C22H15BrCl2N4O2/c23-14-6-9-19-16(10-14)21(13-4-2-1-3-5-13)26-12-20(28-19)29-31-22(30)27-15-7-8-17(24)18(25)11-15/h1-11H,12H2,(H,27,30)(H,28,29). The van der Waals surface area contributed by atoms with Gasteiger partial charge in [-0.2, -0.15) is 0 Å². The van der Waals surface area contributed by atoms with E-state index in [9.17, 15) is 4.79 Å². The van der Waals surface area contributed by atoms with Crippen molar-refractivity contribution in [2.24, 2.45) is 9.98 Å². The Morgan fingerprint density at radius 1 is 1.00 bits per heavy atom. The molecule has 0 aliphatic carbocycles. The van der Waals surface area contributed by atoms with Crippen LogP contribution in [-0.2, 0) is 4.84 Å². The number of carbonyl (C=O) groups is 1. The van der Waals surface area contributed by atoms with E-state index in [1.54, 1.807) is 12.1 Å². The molecule has 6 nitrogen and oxygen atoms in total. The van der Waals surface area contributed by atoms with Gasteiger partial charge in [-0.05, 0) is 36.4 Å². The van der Waals surface area contributed by atoms with Gasteiger partial charge in [0.25, 0.3) is 0 Å². The number of rotatable bonds is 2. The Balaban J connectivity index is 1.52. The number of amides is 1. The monoisotopic (exact) mass is 516 g/mol. The lowest BCUT2D eigenvalue weighted by molar-refractivity contribution is 0.134. The Kier molecular flexibility index (Phi) is 6.56. The molecule has 0 bridgehead atoms. The van der Waals surface area contributed by atoms with Crippen molar-refractivity contribution in [2.75, 3.05) is 11.9 Å². The highest BCUT2D eigenvalue weighted by atomic mass is 79.9. The van der Waals surface area contributed by atoms with E-state index >= 15 is 0 Å². The Morgan fingerprint density at radius 3 is 2.58 bits per heavy atom. The molecular formula is C22H15BrCl2N4O2. The van der Waals surface area contributed by atoms with Crippen LogP contribution in [0.4, 0.5) is 16.2 Å². The van der Waals surface area contributed by atoms with Crippen LogP contribution in [0.25, 0.3) is 0 Å². The molecule has 0 radical (unpaired) electrons. The summed E-state index contributed by atoms with van der Waals surface area (Å²) in [5, 5.41) is 3.28. The maximum absolute atomic E-state index is 12.1. The summed E-state index contributed by atoms with van der Waals surface area (Å²) >= 11 is 15.4. The SMILES string of the molecule is O=C(Nc1ccc(Cl)c(Cl)c1)ONC1=Nc2ccc(Br)cc2C(c2ccccc2)=NC1. The minimum absolute atomic E-state index is 0.205. The second-order valence-corrected chi connectivity index (χ2v) is 8.23. The molecule has 0 aromatic heterocycles. The van der Waals surface area contributed by atoms with Gasteiger partial charge in [-0.15, -0.1) is 0 Å². The molecule has 0 saturated heterocycles. The highest BCUT2D eigenvalue weighted by molar-refractivity contribution is 9.10. The summed E-state index contributed by atoms with van der Waals surface area (Å²) in [5.41, 5.74) is 6.40. The second kappa shape index (κ2) is 9.51. The Bertz CT molecular complexity index is 1200. The normalized spacial score (nSPS) is 12.7. The van der Waals surface area contributed by atoms with Crippen molar-refractivity contribution in [3.8, 4) is 0 Å². The van der Waals surface area contributed by atoms with Gasteiger partial charge in [0.05, 0.1) is 21.4 Å². The van der Waals surface area contributed by atoms with Crippen molar-refractivity contribution in [3.05, 3.63) is 92.4 Å². The summed E-state index contributed by atoms with van der Waals surface area (Å²) in [6.07, 6.45) is -0.728. The van der Waals surface area contributed by atoms with Crippen molar-refractivity contribution in [3.63, 3.8) is 0 Å². The van der Waals surface area contributed by atoms with Gasteiger partial charge in [0.1, 0.15) is 6.54 Å². The molecule has 0 atom stereocenters. The molecule has 31 heavy (non-hydrogen) atoms. The van der Waals surface area contributed by atoms with Gasteiger partial charge in [0, 0.05) is 21.3 Å². The molecule has 156 valence electrons. The van der Waals surface area contributed by atoms with Crippen LogP contribution in [0.2, 0.25) is 10.0 Å². The van der Waals surface area contributed by atoms with E-state index in [1.165, 1.54) is 6.07 Å². The number of benzene rings is 3. The third-order valence-corrected chi connectivity index (χ3v) is 5.56. The number of anilines is 1. The molecule has 0 saturated carbocycles. The maximum atomic E-state index is 12.1. The number of aliphatic imine (C=N–C) groups is 2. The zero-order valence-electron chi connectivity index (χ0n) is 15.9. The van der Waals surface area contributed by atoms with Crippen LogP contribution in [0.5, 0.6) is 0 Å². The zero-order valence-corrected chi connectivity index (χ0v) is 19.0. The van der Waals surface area contributed by atoms with Crippen LogP contribution in [0.3, 0.4) is 0 Å². The van der Waals surface area contributed by atoms with Gasteiger partial charge in [-0.25, -0.2) is 15.3 Å². The number of hydrogen-bond donors (Lipinski definition) is 2. The summed E-state index contributed by atoms with van der Waals surface area (Å²) in [6, 6.07) is 20.3. The fourth-order valence-corrected chi connectivity index (χ4v) is 3.59. The number of amidine groups is 1. The minimum Gasteiger partial charge on any atom is -0.323 e. The molecule has 2 N–H and O–H groups in total. The Labute approximate surface area is 197 Å². The molecule has 3 aromatic rings. The maximum Gasteiger partial charge on any atom is 0.435 e. The first-order chi connectivity index (χ1) is 15.0. The first-order valence-corrected chi connectivity index (χ1v) is 10.7. The molecule has 3 aromatic carbocycles. The van der Waals surface area contributed by atoms with E-state index in [2.05, 4.69) is 31.7 Å². The number of nitrogens with one attached hydrogen (secondary N) is 2. The van der Waals surface area contributed by atoms with E-state index in [0.717, 1.165) is 21.3 Å². The summed E-state index contributed by atoms with van der Waals surface area (Å²) in [7, 11) is 0. The molecule has 1 heterocycles. The predicted octanol–water partition coefficient (Wildman–Crippen LogP) is 6.39. The van der Waals surface area contributed by atoms with Crippen molar-refractivity contribution in [1.29, 1.82) is 0 Å². The summed E-state index contributed by atoms with van der Waals surface area (Å²) in [5.74, 6) is 0.388. The van der Waals surface area contributed by atoms with Crippen molar-refractivity contribution in [1.82, 2.24) is 5.48 Å². The molecule has 0 spiro atoms. The summed E-state index contributed by atoms with van der Waals surface area (Å²) < 4.78 is 0.916. The Morgan fingerprint density at radius 2 is 1.81 bits per heavy atom. The van der Waals surface area contributed by atoms with Gasteiger partial charge in [0.2, 0.25) is 0 Å². The Hall–Kier alpha value is -2.87. The summed E-state index contributed by atoms with van der Waals surface area (Å²) in [6.45, 7) is 0.205. The average Bonchev–Trinajstić information content (AvgIpc) is 2.94. The minimum atomic E-state index is -0.728. The lowest BCUT2D eigenvalue weighted by atomic mass is 10.0. The molecule has 1 aliphatic rings. The number of nitrogens with zero attached hydrogens (tertiary/aromatic N) is 2. The van der Waals surface area contributed by atoms with E-state index in [1.807, 2.05) is 48.5 Å². The smallest absolute Gasteiger partial charge is 0.323 e. The van der Waals surface area contributed by atoms with E-state index in [4.69, 9.17) is 33.0 Å². The quantitative estimate of drug-likeness (QED) is 0.387. The van der Waals surface area contributed by atoms with Crippen LogP contribution in [0.15, 0.2) is 81.2 Å². The highest BCUT2D eigenvalue weighted by Gasteiger charge is 2.17. The molecule has 1 aliphatic heterocycles. The van der Waals surface area contributed by atoms with E-state index in [-0.39, 0.29) is 6.54 Å². The van der Waals surface area contributed by atoms with Crippen LogP contribution in [0.1, 0.15) is 11.1 Å². The average molecular weight is 518 g/mol. The third kappa shape index (κ3) is 5.25. The highest BCUT2D eigenvalue weighted by Crippen LogP contribution is 2.28. The van der Waals surface area contributed by atoms with E-state index in [0.29, 0.717) is 27.3 Å². The number of hydroxylamine groups is 1. The van der Waals surface area contributed by atoms with Crippen molar-refractivity contribution >= 4 is 68.1 Å². The molecule has 1 amide bonds. The van der Waals surface area contributed by atoms with Gasteiger partial charge < -0.3 is 4.84 Å². The number of carbonyl (C=O) groups excluding carboxylic acids is 1. The number of fused-ring (bicyclic) bond motifs is 1. The van der Waals surface area contributed by atoms with Crippen LogP contribution in [0, 0.1) is 0 Å². The van der Waals surface area contributed by atoms with E-state index < -0.39 is 6.09 Å². The zero-order chi connectivity index (χ0) is 21.8. The molecular weight excluding hydrogens is 503 g/mol. The predicted molar refractivity (Wildman–Crippen MR) is 128 cm³/mol. The third-order valence-electron chi connectivity index (χ3n) is 4.33. The van der Waals surface area contributed by atoms with Gasteiger partial charge in [-0.3, -0.25) is 10.3 Å².